The number of furan rings is 1. The summed E-state index contributed by atoms with van der Waals surface area (Å²) in [5.41, 5.74) is 1.24. The first-order chi connectivity index (χ1) is 12.8. The molecule has 1 heterocycles. The summed E-state index contributed by atoms with van der Waals surface area (Å²) in [5.74, 6) is 0.584. The number of para-hydroxylation sites is 1. The summed E-state index contributed by atoms with van der Waals surface area (Å²) in [4.78, 5) is 13.4. The van der Waals surface area contributed by atoms with E-state index in [4.69, 9.17) is 4.42 Å². The van der Waals surface area contributed by atoms with Crippen LogP contribution in [0, 0.1) is 0 Å². The highest BCUT2D eigenvalue weighted by Gasteiger charge is 2.22. The van der Waals surface area contributed by atoms with Crippen molar-refractivity contribution in [3.05, 3.63) is 65.9 Å². The Morgan fingerprint density at radius 1 is 1.11 bits per heavy atom. The van der Waals surface area contributed by atoms with E-state index < -0.39 is 10.0 Å². The molecular formula is C20H22N2O4S. The van der Waals surface area contributed by atoms with Crippen LogP contribution in [0.3, 0.4) is 0 Å². The van der Waals surface area contributed by atoms with Gasteiger partial charge in [-0.25, -0.2) is 13.1 Å². The van der Waals surface area contributed by atoms with Crippen molar-refractivity contribution in [1.82, 2.24) is 9.62 Å². The average molecular weight is 386 g/mol. The zero-order chi connectivity index (χ0) is 19.6. The van der Waals surface area contributed by atoms with Crippen molar-refractivity contribution in [2.24, 2.45) is 0 Å². The van der Waals surface area contributed by atoms with Crippen LogP contribution < -0.4 is 4.72 Å². The zero-order valence-corrected chi connectivity index (χ0v) is 16.3. The van der Waals surface area contributed by atoms with Gasteiger partial charge in [-0.3, -0.25) is 9.69 Å². The number of nitrogens with one attached hydrogen (secondary N) is 1. The van der Waals surface area contributed by atoms with Crippen LogP contribution in [0.25, 0.3) is 11.0 Å². The number of sulfonamides is 1. The summed E-state index contributed by atoms with van der Waals surface area (Å²) < 4.78 is 33.7. The predicted octanol–water partition coefficient (Wildman–Crippen LogP) is 3.22. The van der Waals surface area contributed by atoms with Crippen molar-refractivity contribution >= 4 is 26.8 Å². The van der Waals surface area contributed by atoms with Crippen molar-refractivity contribution in [3.8, 4) is 0 Å². The smallest absolute Gasteiger partial charge is 0.240 e. The van der Waals surface area contributed by atoms with Gasteiger partial charge in [0.05, 0.1) is 10.9 Å². The van der Waals surface area contributed by atoms with Crippen LogP contribution in [-0.2, 0) is 10.0 Å². The number of hydrogen-bond acceptors (Lipinski definition) is 5. The molecule has 0 bridgehead atoms. The van der Waals surface area contributed by atoms with Gasteiger partial charge in [0.25, 0.3) is 0 Å². The highest BCUT2D eigenvalue weighted by molar-refractivity contribution is 7.89. The second-order valence-corrected chi connectivity index (χ2v) is 8.37. The fraction of sp³-hybridized carbons (Fsp3) is 0.250. The van der Waals surface area contributed by atoms with Crippen molar-refractivity contribution in [3.63, 3.8) is 0 Å². The van der Waals surface area contributed by atoms with Crippen LogP contribution in [0.4, 0.5) is 0 Å². The topological polar surface area (TPSA) is 79.6 Å². The number of Topliss-reactive ketones (excluding diaryl/α,β-unsaturated/α-hetero) is 1. The molecule has 142 valence electrons. The van der Waals surface area contributed by atoms with Crippen molar-refractivity contribution < 1.29 is 17.6 Å². The first-order valence-corrected chi connectivity index (χ1v) is 10.0. The van der Waals surface area contributed by atoms with E-state index in [2.05, 4.69) is 4.72 Å². The minimum Gasteiger partial charge on any atom is -0.459 e. The summed E-state index contributed by atoms with van der Waals surface area (Å²) in [6.07, 6.45) is 0. The normalized spacial score (nSPS) is 13.2. The Morgan fingerprint density at radius 2 is 1.78 bits per heavy atom. The number of benzene rings is 2. The number of ketones is 1. The molecule has 0 fully saturated rings. The Labute approximate surface area is 158 Å². The molecule has 1 atom stereocenters. The summed E-state index contributed by atoms with van der Waals surface area (Å²) >= 11 is 0. The van der Waals surface area contributed by atoms with E-state index in [1.54, 1.807) is 0 Å². The van der Waals surface area contributed by atoms with Crippen LogP contribution in [-0.4, -0.2) is 39.7 Å². The first-order valence-electron chi connectivity index (χ1n) is 8.53. The van der Waals surface area contributed by atoms with Crippen LogP contribution in [0.15, 0.2) is 63.9 Å². The maximum atomic E-state index is 12.6. The molecule has 0 aliphatic heterocycles. The summed E-state index contributed by atoms with van der Waals surface area (Å²) in [7, 11) is 0.0387. The average Bonchev–Trinajstić information content (AvgIpc) is 3.05. The molecule has 1 N–H and O–H groups in total. The van der Waals surface area contributed by atoms with Gasteiger partial charge in [0.1, 0.15) is 11.3 Å². The molecule has 6 nitrogen and oxygen atoms in total. The predicted molar refractivity (Wildman–Crippen MR) is 104 cm³/mol. The minimum absolute atomic E-state index is 0.107. The molecule has 0 aliphatic rings. The van der Waals surface area contributed by atoms with E-state index in [1.165, 1.54) is 31.2 Å². The van der Waals surface area contributed by atoms with Gasteiger partial charge in [-0.1, -0.05) is 30.3 Å². The molecule has 0 saturated carbocycles. The molecular weight excluding hydrogens is 364 g/mol. The SMILES string of the molecule is CC(=O)c1ccc(S(=O)(=O)NC[C@H](c2cc3ccccc3o2)N(C)C)cc1. The Hall–Kier alpha value is -2.48. The highest BCUT2D eigenvalue weighted by Crippen LogP contribution is 2.26. The summed E-state index contributed by atoms with van der Waals surface area (Å²) in [5, 5.41) is 0.974. The van der Waals surface area contributed by atoms with E-state index >= 15 is 0 Å². The molecule has 0 saturated heterocycles. The van der Waals surface area contributed by atoms with E-state index in [0.29, 0.717) is 11.3 Å². The number of fused-ring (bicyclic) bond motifs is 1. The maximum absolute atomic E-state index is 12.6. The Bertz CT molecular complexity index is 1020. The number of likely N-dealkylation sites (N-methyl/N-ethyl adjacent to an activating group) is 1. The van der Waals surface area contributed by atoms with Crippen LogP contribution >= 0.6 is 0 Å². The lowest BCUT2D eigenvalue weighted by molar-refractivity contribution is 0.101. The van der Waals surface area contributed by atoms with Crippen LogP contribution in [0.5, 0.6) is 0 Å². The van der Waals surface area contributed by atoms with Gasteiger partial charge in [-0.05, 0) is 45.3 Å². The third kappa shape index (κ3) is 4.27. The molecule has 3 rings (SSSR count). The third-order valence-electron chi connectivity index (χ3n) is 4.43. The van der Waals surface area contributed by atoms with Crippen LogP contribution in [0.2, 0.25) is 0 Å². The molecule has 1 aromatic heterocycles. The molecule has 0 radical (unpaired) electrons. The fourth-order valence-corrected chi connectivity index (χ4v) is 3.88. The van der Waals surface area contributed by atoms with Crippen molar-refractivity contribution in [2.75, 3.05) is 20.6 Å². The lowest BCUT2D eigenvalue weighted by atomic mass is 10.2. The van der Waals surface area contributed by atoms with Gasteiger partial charge in [0.2, 0.25) is 10.0 Å². The van der Waals surface area contributed by atoms with Crippen molar-refractivity contribution in [2.45, 2.75) is 17.9 Å². The molecule has 7 heteroatoms. The zero-order valence-electron chi connectivity index (χ0n) is 15.5. The number of nitrogens with zero attached hydrogens (tertiary/aromatic N) is 1. The van der Waals surface area contributed by atoms with E-state index in [-0.39, 0.29) is 23.3 Å². The van der Waals surface area contributed by atoms with Gasteiger partial charge >= 0.3 is 0 Å². The Balaban J connectivity index is 1.79. The minimum atomic E-state index is -3.70. The monoisotopic (exact) mass is 386 g/mol. The number of hydrogen-bond donors (Lipinski definition) is 1. The molecule has 0 spiro atoms. The molecule has 2 aromatic carbocycles. The standard InChI is InChI=1S/C20H22N2O4S/c1-14(23)15-8-10-17(11-9-15)27(24,25)21-13-18(22(2)3)20-12-16-6-4-5-7-19(16)26-20/h4-12,18,21H,13H2,1-3H3/t18-/m1/s1. The molecule has 27 heavy (non-hydrogen) atoms. The lowest BCUT2D eigenvalue weighted by Crippen LogP contribution is -2.34. The van der Waals surface area contributed by atoms with Gasteiger partial charge in [0, 0.05) is 17.5 Å². The quantitative estimate of drug-likeness (QED) is 0.631. The van der Waals surface area contributed by atoms with Crippen LogP contribution in [0.1, 0.15) is 29.1 Å². The van der Waals surface area contributed by atoms with Gasteiger partial charge in [-0.15, -0.1) is 0 Å². The van der Waals surface area contributed by atoms with Gasteiger partial charge in [-0.2, -0.15) is 0 Å². The number of carbonyl (C=O) groups excluding carboxylic acids is 1. The second-order valence-electron chi connectivity index (χ2n) is 6.60. The number of rotatable bonds is 7. The fourth-order valence-electron chi connectivity index (χ4n) is 2.85. The maximum Gasteiger partial charge on any atom is 0.240 e. The Morgan fingerprint density at radius 3 is 2.37 bits per heavy atom. The summed E-state index contributed by atoms with van der Waals surface area (Å²) in [6.45, 7) is 1.60. The Kier molecular flexibility index (Phi) is 5.46. The summed E-state index contributed by atoms with van der Waals surface area (Å²) in [6, 6.07) is 15.2. The molecule has 3 aromatic rings. The van der Waals surface area contributed by atoms with E-state index in [9.17, 15) is 13.2 Å². The first kappa shape index (κ1) is 19.3. The largest absolute Gasteiger partial charge is 0.459 e. The lowest BCUT2D eigenvalue weighted by Gasteiger charge is -2.22. The third-order valence-corrected chi connectivity index (χ3v) is 5.87. The van der Waals surface area contributed by atoms with E-state index in [1.807, 2.05) is 49.3 Å². The molecule has 0 aliphatic carbocycles. The second kappa shape index (κ2) is 7.64. The van der Waals surface area contributed by atoms with E-state index in [0.717, 1.165) is 11.0 Å². The van der Waals surface area contributed by atoms with Crippen molar-refractivity contribution in [1.29, 1.82) is 0 Å². The van der Waals surface area contributed by atoms with Gasteiger partial charge < -0.3 is 4.42 Å². The molecule has 0 amide bonds. The number of carbonyl (C=O) groups is 1. The highest BCUT2D eigenvalue weighted by atomic mass is 32.2. The van der Waals surface area contributed by atoms with Gasteiger partial charge in [0.15, 0.2) is 5.78 Å². The molecule has 0 unspecified atom stereocenters.